The minimum atomic E-state index is -1.63. The maximum Gasteiger partial charge on any atom is 0.478 e. The highest BCUT2D eigenvalue weighted by molar-refractivity contribution is 6.67. The first-order chi connectivity index (χ1) is 21.4. The Balaban J connectivity index is 1.38. The molecule has 0 aromatic heterocycles. The van der Waals surface area contributed by atoms with E-state index in [2.05, 4.69) is 11.7 Å². The third kappa shape index (κ3) is 5.55. The topological polar surface area (TPSA) is 135 Å². The zero-order valence-electron chi connectivity index (χ0n) is 27.8. The quantitative estimate of drug-likeness (QED) is 0.278. The van der Waals surface area contributed by atoms with E-state index in [1.807, 2.05) is 27.7 Å². The van der Waals surface area contributed by atoms with Crippen LogP contribution in [0.25, 0.3) is 0 Å². The third-order valence-electron chi connectivity index (χ3n) is 11.4. The molecule has 1 aromatic carbocycles. The molecule has 3 aliphatic carbocycles. The van der Waals surface area contributed by atoms with Gasteiger partial charge in [0.15, 0.2) is 18.6 Å². The van der Waals surface area contributed by atoms with Gasteiger partial charge in [-0.25, -0.2) is 18.9 Å². The number of ether oxygens (including phenoxy) is 3. The van der Waals surface area contributed by atoms with E-state index in [0.717, 1.165) is 4.92 Å². The van der Waals surface area contributed by atoms with Gasteiger partial charge >= 0.3 is 19.1 Å². The Labute approximate surface area is 270 Å². The Hall–Kier alpha value is -3.25. The van der Waals surface area contributed by atoms with Crippen molar-refractivity contribution in [2.24, 2.45) is 39.1 Å². The number of halogens is 1. The average Bonchev–Trinajstić information content (AvgIpc) is 3.26. The monoisotopic (exact) mass is 640 g/mol. The van der Waals surface area contributed by atoms with Gasteiger partial charge in [0, 0.05) is 16.7 Å². The normalized spacial score (nSPS) is 37.0. The summed E-state index contributed by atoms with van der Waals surface area (Å²) >= 11 is 0. The van der Waals surface area contributed by atoms with E-state index in [1.165, 1.54) is 12.3 Å². The van der Waals surface area contributed by atoms with E-state index in [0.29, 0.717) is 23.9 Å². The highest BCUT2D eigenvalue weighted by Gasteiger charge is 2.70. The highest BCUT2D eigenvalue weighted by Crippen LogP contribution is 2.68. The number of aliphatic hydroxyl groups is 1. The van der Waals surface area contributed by atoms with Crippen molar-refractivity contribution in [2.75, 3.05) is 6.61 Å². The zero-order valence-corrected chi connectivity index (χ0v) is 27.8. The molecule has 5 rings (SSSR count). The summed E-state index contributed by atoms with van der Waals surface area (Å²) in [7, 11) is -1.44. The number of alkyl halides is 1. The van der Waals surface area contributed by atoms with Crippen LogP contribution in [0.4, 0.5) is 9.18 Å². The van der Waals surface area contributed by atoms with E-state index in [-0.39, 0.29) is 30.4 Å². The summed E-state index contributed by atoms with van der Waals surface area (Å²) in [6, 6.07) is 4.76. The van der Waals surface area contributed by atoms with Gasteiger partial charge in [0.05, 0.1) is 12.3 Å². The number of hydrogen-bond acceptors (Lipinski definition) is 9. The minimum Gasteiger partial charge on any atom is -0.482 e. The van der Waals surface area contributed by atoms with Gasteiger partial charge < -0.3 is 24.3 Å². The molecule has 250 valence electrons. The number of esters is 1. The fraction of sp³-hybridized carbons (Fsp3) is 0.647. The van der Waals surface area contributed by atoms with Crippen molar-refractivity contribution in [2.45, 2.75) is 98.1 Å². The number of amides is 1. The molecule has 1 aromatic rings. The van der Waals surface area contributed by atoms with Crippen molar-refractivity contribution >= 4 is 36.6 Å². The van der Waals surface area contributed by atoms with Crippen molar-refractivity contribution in [3.05, 3.63) is 36.4 Å². The Morgan fingerprint density at radius 2 is 1.93 bits per heavy atom. The highest BCUT2D eigenvalue weighted by atomic mass is 19.1. The van der Waals surface area contributed by atoms with Crippen LogP contribution in [0.2, 0.25) is 0 Å². The summed E-state index contributed by atoms with van der Waals surface area (Å²) in [5, 5.41) is 26.6. The molecule has 46 heavy (non-hydrogen) atoms. The summed E-state index contributed by atoms with van der Waals surface area (Å²) in [6.45, 7) is 16.4. The smallest absolute Gasteiger partial charge is 0.478 e. The number of aliphatic hydroxyl groups excluding tert-OH is 1. The number of nitrogens with zero attached hydrogens (tertiary/aromatic N) is 2. The molecule has 0 spiro atoms. The molecule has 4 aliphatic rings. The summed E-state index contributed by atoms with van der Waals surface area (Å²) in [5.74, 6) is -2.06. The molecule has 3 saturated carbocycles. The van der Waals surface area contributed by atoms with Crippen LogP contribution in [0.1, 0.15) is 79.7 Å². The minimum absolute atomic E-state index is 0.0499. The predicted octanol–water partition coefficient (Wildman–Crippen LogP) is 4.19. The Kier molecular flexibility index (Phi) is 8.73. The zero-order chi connectivity index (χ0) is 34.0. The van der Waals surface area contributed by atoms with Crippen LogP contribution in [0, 0.1) is 34.0 Å². The van der Waals surface area contributed by atoms with Gasteiger partial charge in [-0.2, -0.15) is 5.10 Å². The van der Waals surface area contributed by atoms with E-state index < -0.39 is 77.6 Å². The van der Waals surface area contributed by atoms with Crippen molar-refractivity contribution < 1.29 is 43.1 Å². The first-order valence-corrected chi connectivity index (χ1v) is 16.1. The van der Waals surface area contributed by atoms with Gasteiger partial charge in [0.2, 0.25) is 0 Å². The Morgan fingerprint density at radius 3 is 2.59 bits per heavy atom. The van der Waals surface area contributed by atoms with Crippen LogP contribution < -0.4 is 10.2 Å². The number of hydrogen-bond donors (Lipinski definition) is 2. The van der Waals surface area contributed by atoms with Crippen molar-refractivity contribution in [3.8, 4) is 5.75 Å². The predicted molar refractivity (Wildman–Crippen MR) is 170 cm³/mol. The molecule has 2 bridgehead atoms. The van der Waals surface area contributed by atoms with Crippen LogP contribution in [0.5, 0.6) is 5.75 Å². The molecule has 9 atom stereocenters. The molecule has 2 N–H and O–H groups in total. The number of carbonyl (C=O) groups is 3. The van der Waals surface area contributed by atoms with Gasteiger partial charge in [-0.3, -0.25) is 4.79 Å². The van der Waals surface area contributed by atoms with Gasteiger partial charge in [-0.05, 0) is 86.9 Å². The maximum absolute atomic E-state index is 15.3. The second-order valence-corrected chi connectivity index (χ2v) is 15.2. The standard InChI is InChI=1S/C34H46BFN2O8/c1-9-32(7)16-25(33(8)19(2)12-13-34(20(3)29(32)41)15-24(36)27(40)28(33)34)45-26(39)18-44-22-11-10-21-17-37-38(35(43)23(21)14-22)30(42)46-31(4,5)6/h9-11,14,17,19-20,24-25,28-29,41,43H,1,12-13,15-16,18H2,2-8H3/t19-,20-,24-,25+,28-,29-,32+,33-,34-/m0/s1. The SMILES string of the molecule is C=C[C@]1(C)C[C@@H](OC(=O)COc2ccc3c(c2)B(O)N(C(=O)OC(C)(C)C)N=C3)[C@@]2(C)[C@@H]3C(=O)[C@@H](F)C[C@@]3(CC[C@@H]2C)[C@@H](C)[C@@H]1O. The number of rotatable bonds is 5. The van der Waals surface area contributed by atoms with Crippen molar-refractivity contribution in [1.29, 1.82) is 0 Å². The lowest BCUT2D eigenvalue weighted by molar-refractivity contribution is -0.207. The second kappa shape index (κ2) is 11.8. The van der Waals surface area contributed by atoms with Crippen LogP contribution in [-0.4, -0.2) is 76.7 Å². The molecule has 0 saturated heterocycles. The molecule has 0 radical (unpaired) electrons. The first-order valence-electron chi connectivity index (χ1n) is 16.1. The van der Waals surface area contributed by atoms with E-state index in [4.69, 9.17) is 14.2 Å². The number of benzene rings is 1. The fourth-order valence-corrected chi connectivity index (χ4v) is 8.54. The van der Waals surface area contributed by atoms with Crippen molar-refractivity contribution in [3.63, 3.8) is 0 Å². The largest absolute Gasteiger partial charge is 0.482 e. The van der Waals surface area contributed by atoms with Crippen LogP contribution in [0.15, 0.2) is 36.0 Å². The van der Waals surface area contributed by atoms with Gasteiger partial charge in [0.25, 0.3) is 0 Å². The lowest BCUT2D eigenvalue weighted by Gasteiger charge is -2.61. The number of Topliss-reactive ketones (excluding diaryl/α,β-unsaturated/α-hetero) is 1. The fourth-order valence-electron chi connectivity index (χ4n) is 8.54. The van der Waals surface area contributed by atoms with Crippen molar-refractivity contribution in [1.82, 2.24) is 4.92 Å². The van der Waals surface area contributed by atoms with E-state index in [1.54, 1.807) is 39.0 Å². The molecule has 3 fully saturated rings. The first kappa shape index (κ1) is 34.1. The molecule has 1 aliphatic heterocycles. The lowest BCUT2D eigenvalue weighted by Crippen LogP contribution is -2.63. The number of hydrazone groups is 1. The Morgan fingerprint density at radius 1 is 1.24 bits per heavy atom. The molecule has 1 amide bonds. The van der Waals surface area contributed by atoms with Gasteiger partial charge in [-0.1, -0.05) is 39.8 Å². The van der Waals surface area contributed by atoms with Crippen LogP contribution in [-0.2, 0) is 19.1 Å². The van der Waals surface area contributed by atoms with Crippen LogP contribution >= 0.6 is 0 Å². The van der Waals surface area contributed by atoms with Gasteiger partial charge in [0.1, 0.15) is 17.5 Å². The lowest BCUT2D eigenvalue weighted by atomic mass is 9.44. The van der Waals surface area contributed by atoms with E-state index >= 15 is 4.39 Å². The molecular formula is C34H46BFN2O8. The van der Waals surface area contributed by atoms with Gasteiger partial charge in [-0.15, -0.1) is 6.58 Å². The second-order valence-electron chi connectivity index (χ2n) is 15.2. The molecule has 1 heterocycles. The summed E-state index contributed by atoms with van der Waals surface area (Å²) in [4.78, 5) is 40.4. The average molecular weight is 641 g/mol. The number of carbonyl (C=O) groups excluding carboxylic acids is 3. The maximum atomic E-state index is 15.3. The Bertz CT molecular complexity index is 1450. The molecule has 10 nitrogen and oxygen atoms in total. The number of fused-ring (bicyclic) bond motifs is 1. The molecule has 0 unspecified atom stereocenters. The molecule has 12 heteroatoms. The van der Waals surface area contributed by atoms with E-state index in [9.17, 15) is 24.5 Å². The summed E-state index contributed by atoms with van der Waals surface area (Å²) in [5.41, 5.74) is -2.41. The summed E-state index contributed by atoms with van der Waals surface area (Å²) < 4.78 is 32.6. The summed E-state index contributed by atoms with van der Waals surface area (Å²) in [6.07, 6.45) is 0.463. The molecular weight excluding hydrogens is 594 g/mol. The van der Waals surface area contributed by atoms with Crippen LogP contribution in [0.3, 0.4) is 0 Å². The number of ketones is 1. The third-order valence-corrected chi connectivity index (χ3v) is 11.4.